The molecule has 0 bridgehead atoms. The lowest BCUT2D eigenvalue weighted by Gasteiger charge is -2.14. The third-order valence-electron chi connectivity index (χ3n) is 4.24. The molecule has 6 nitrogen and oxygen atoms in total. The highest BCUT2D eigenvalue weighted by Crippen LogP contribution is 2.22. The number of nitrogens with two attached hydrogens (primary N) is 1. The van der Waals surface area contributed by atoms with E-state index < -0.39 is 6.10 Å². The van der Waals surface area contributed by atoms with Crippen LogP contribution >= 0.6 is 0 Å². The van der Waals surface area contributed by atoms with E-state index in [-0.39, 0.29) is 18.1 Å². The van der Waals surface area contributed by atoms with E-state index in [1.807, 2.05) is 24.3 Å². The fourth-order valence-corrected chi connectivity index (χ4v) is 2.89. The van der Waals surface area contributed by atoms with Crippen LogP contribution in [0.25, 0.3) is 0 Å². The van der Waals surface area contributed by atoms with Crippen molar-refractivity contribution < 1.29 is 19.0 Å². The fraction of sp³-hybridized carbons (Fsp3) is 0.588. The van der Waals surface area contributed by atoms with Gasteiger partial charge in [0.05, 0.1) is 12.2 Å². The molecule has 0 saturated carbocycles. The molecule has 3 rings (SSSR count). The van der Waals surface area contributed by atoms with Crippen LogP contribution in [0.2, 0.25) is 0 Å². The molecule has 2 heterocycles. The predicted octanol–water partition coefficient (Wildman–Crippen LogP) is 1.69. The largest absolute Gasteiger partial charge is 0.491 e. The van der Waals surface area contributed by atoms with E-state index in [0.717, 1.165) is 43.7 Å². The van der Waals surface area contributed by atoms with Crippen LogP contribution in [0.3, 0.4) is 0 Å². The van der Waals surface area contributed by atoms with Gasteiger partial charge in [-0.2, -0.15) is 0 Å². The van der Waals surface area contributed by atoms with Crippen LogP contribution in [-0.2, 0) is 14.3 Å². The Labute approximate surface area is 136 Å². The summed E-state index contributed by atoms with van der Waals surface area (Å²) in [6.07, 6.45) is 3.51. The Morgan fingerprint density at radius 3 is 2.70 bits per heavy atom. The zero-order valence-electron chi connectivity index (χ0n) is 13.2. The second-order valence-corrected chi connectivity index (χ2v) is 6.02. The van der Waals surface area contributed by atoms with E-state index in [1.54, 1.807) is 0 Å². The molecule has 0 aliphatic carbocycles. The average molecular weight is 320 g/mol. The second kappa shape index (κ2) is 7.77. The van der Waals surface area contributed by atoms with Crippen molar-refractivity contribution in [2.24, 2.45) is 5.73 Å². The number of benzene rings is 1. The van der Waals surface area contributed by atoms with Crippen LogP contribution in [-0.4, -0.2) is 44.0 Å². The summed E-state index contributed by atoms with van der Waals surface area (Å²) in [7, 11) is 0. The van der Waals surface area contributed by atoms with Gasteiger partial charge in [-0.3, -0.25) is 4.79 Å². The highest BCUT2D eigenvalue weighted by atomic mass is 16.5. The van der Waals surface area contributed by atoms with E-state index in [9.17, 15) is 4.79 Å². The topological polar surface area (TPSA) is 82.8 Å². The first-order valence-electron chi connectivity index (χ1n) is 8.25. The lowest BCUT2D eigenvalue weighted by Crippen LogP contribution is -2.29. The summed E-state index contributed by atoms with van der Waals surface area (Å²) in [6.45, 7) is 1.86. The number of hydrogen-bond donors (Lipinski definition) is 2. The molecule has 3 N–H and O–H groups in total. The highest BCUT2D eigenvalue weighted by Gasteiger charge is 2.29. The Kier molecular flexibility index (Phi) is 5.48. The van der Waals surface area contributed by atoms with Gasteiger partial charge in [0.2, 0.25) is 0 Å². The van der Waals surface area contributed by atoms with Crippen molar-refractivity contribution in [3.8, 4) is 5.75 Å². The molecular weight excluding hydrogens is 296 g/mol. The summed E-state index contributed by atoms with van der Waals surface area (Å²) in [5, 5.41) is 2.87. The number of amides is 1. The Bertz CT molecular complexity index is 514. The third-order valence-corrected chi connectivity index (χ3v) is 4.24. The maximum Gasteiger partial charge on any atom is 0.253 e. The lowest BCUT2D eigenvalue weighted by molar-refractivity contribution is -0.126. The zero-order valence-corrected chi connectivity index (χ0v) is 13.2. The molecule has 3 atom stereocenters. The molecule has 1 amide bonds. The minimum absolute atomic E-state index is 0.000618. The number of hydrogen-bond acceptors (Lipinski definition) is 5. The number of ether oxygens (including phenoxy) is 3. The van der Waals surface area contributed by atoms with Crippen molar-refractivity contribution in [1.29, 1.82) is 0 Å². The molecule has 1 aromatic carbocycles. The maximum atomic E-state index is 12.1. The molecule has 1 aromatic rings. The number of carbonyl (C=O) groups excluding carboxylic acids is 1. The minimum Gasteiger partial charge on any atom is -0.491 e. The normalized spacial score (nSPS) is 27.1. The summed E-state index contributed by atoms with van der Waals surface area (Å²) in [5.41, 5.74) is 6.29. The van der Waals surface area contributed by atoms with Crippen LogP contribution in [0.15, 0.2) is 24.3 Å². The average Bonchev–Trinajstić information content (AvgIpc) is 3.25. The van der Waals surface area contributed by atoms with Gasteiger partial charge in [-0.25, -0.2) is 0 Å². The first-order chi connectivity index (χ1) is 11.2. The fourth-order valence-electron chi connectivity index (χ4n) is 2.89. The Balaban J connectivity index is 1.46. The number of carbonyl (C=O) groups is 1. The van der Waals surface area contributed by atoms with Crippen molar-refractivity contribution in [1.82, 2.24) is 0 Å². The molecule has 23 heavy (non-hydrogen) atoms. The molecule has 0 spiro atoms. The Morgan fingerprint density at radius 1 is 1.22 bits per heavy atom. The molecule has 6 heteroatoms. The summed E-state index contributed by atoms with van der Waals surface area (Å²) in [6, 6.07) is 7.36. The summed E-state index contributed by atoms with van der Waals surface area (Å²) in [5.74, 6) is 0.660. The highest BCUT2D eigenvalue weighted by molar-refractivity contribution is 5.94. The van der Waals surface area contributed by atoms with Gasteiger partial charge in [-0.05, 0) is 49.9 Å². The summed E-state index contributed by atoms with van der Waals surface area (Å²) in [4.78, 5) is 12.1. The monoisotopic (exact) mass is 320 g/mol. The molecule has 2 aliphatic heterocycles. The summed E-state index contributed by atoms with van der Waals surface area (Å²) >= 11 is 0. The molecule has 126 valence electrons. The first-order valence-corrected chi connectivity index (χ1v) is 8.25. The van der Waals surface area contributed by atoms with E-state index in [2.05, 4.69) is 5.32 Å². The zero-order chi connectivity index (χ0) is 16.1. The standard InChI is InChI=1S/C17H24N2O4/c18-10-14-7-8-16(23-14)17(20)19-12-3-5-13(6-4-12)22-11-15-2-1-9-21-15/h3-6,14-16H,1-2,7-11,18H2,(H,19,20)/t14-,15?,16+/m1/s1. The Morgan fingerprint density at radius 2 is 2.04 bits per heavy atom. The van der Waals surface area contributed by atoms with Gasteiger partial charge in [0.1, 0.15) is 18.5 Å². The molecule has 0 radical (unpaired) electrons. The van der Waals surface area contributed by atoms with Crippen LogP contribution in [0.4, 0.5) is 5.69 Å². The van der Waals surface area contributed by atoms with Crippen LogP contribution in [0.1, 0.15) is 25.7 Å². The minimum atomic E-state index is -0.404. The smallest absolute Gasteiger partial charge is 0.253 e. The number of nitrogens with one attached hydrogen (secondary N) is 1. The van der Waals surface area contributed by atoms with E-state index in [0.29, 0.717) is 13.2 Å². The van der Waals surface area contributed by atoms with Crippen molar-refractivity contribution >= 4 is 11.6 Å². The molecule has 2 fully saturated rings. The number of rotatable bonds is 6. The second-order valence-electron chi connectivity index (χ2n) is 6.02. The summed E-state index contributed by atoms with van der Waals surface area (Å²) < 4.78 is 16.8. The van der Waals surface area contributed by atoms with Gasteiger partial charge in [-0.1, -0.05) is 0 Å². The lowest BCUT2D eigenvalue weighted by atomic mass is 10.2. The van der Waals surface area contributed by atoms with Gasteiger partial charge in [-0.15, -0.1) is 0 Å². The van der Waals surface area contributed by atoms with Gasteiger partial charge in [0.15, 0.2) is 0 Å². The SMILES string of the molecule is NC[C@H]1CC[C@@H](C(=O)Nc2ccc(OCC3CCCO3)cc2)O1. The van der Waals surface area contributed by atoms with E-state index in [4.69, 9.17) is 19.9 Å². The molecule has 2 aliphatic rings. The molecule has 0 aromatic heterocycles. The van der Waals surface area contributed by atoms with Crippen molar-refractivity contribution in [2.75, 3.05) is 25.1 Å². The first kappa shape index (κ1) is 16.2. The van der Waals surface area contributed by atoms with Crippen molar-refractivity contribution in [3.05, 3.63) is 24.3 Å². The van der Waals surface area contributed by atoms with E-state index in [1.165, 1.54) is 0 Å². The quantitative estimate of drug-likeness (QED) is 0.833. The van der Waals surface area contributed by atoms with Gasteiger partial charge in [0.25, 0.3) is 5.91 Å². The van der Waals surface area contributed by atoms with Gasteiger partial charge in [0, 0.05) is 18.8 Å². The predicted molar refractivity (Wildman–Crippen MR) is 86.5 cm³/mol. The van der Waals surface area contributed by atoms with Crippen LogP contribution in [0, 0.1) is 0 Å². The van der Waals surface area contributed by atoms with Crippen molar-refractivity contribution in [3.63, 3.8) is 0 Å². The van der Waals surface area contributed by atoms with Crippen LogP contribution < -0.4 is 15.8 Å². The molecule has 2 saturated heterocycles. The van der Waals surface area contributed by atoms with Crippen molar-refractivity contribution in [2.45, 2.75) is 44.0 Å². The van der Waals surface area contributed by atoms with Gasteiger partial charge < -0.3 is 25.3 Å². The number of anilines is 1. The Hall–Kier alpha value is -1.63. The van der Waals surface area contributed by atoms with Gasteiger partial charge >= 0.3 is 0 Å². The molecule has 1 unspecified atom stereocenters. The van der Waals surface area contributed by atoms with E-state index >= 15 is 0 Å². The van der Waals surface area contributed by atoms with Crippen LogP contribution in [0.5, 0.6) is 5.75 Å². The maximum absolute atomic E-state index is 12.1. The molecular formula is C17H24N2O4. The third kappa shape index (κ3) is 4.43.